The standard InChI is InChI=1S/C16H15NO3/c1-18-15-9-13(12-17)10-16(11-15)20-8-7-19-14-5-3-2-4-6-14/h2-6,9-11H,7-8H2,1H3. The lowest BCUT2D eigenvalue weighted by molar-refractivity contribution is 0.216. The fraction of sp³-hybridized carbons (Fsp3) is 0.188. The molecule has 0 saturated carbocycles. The SMILES string of the molecule is COc1cc(C#N)cc(OCCOc2ccccc2)c1. The number of methoxy groups -OCH3 is 1. The van der Waals surface area contributed by atoms with Crippen LogP contribution in [0.4, 0.5) is 0 Å². The van der Waals surface area contributed by atoms with E-state index in [4.69, 9.17) is 19.5 Å². The molecule has 0 heterocycles. The molecule has 0 N–H and O–H groups in total. The molecule has 0 spiro atoms. The van der Waals surface area contributed by atoms with Crippen molar-refractivity contribution in [3.05, 3.63) is 54.1 Å². The van der Waals surface area contributed by atoms with E-state index in [9.17, 15) is 0 Å². The fourth-order valence-corrected chi connectivity index (χ4v) is 1.67. The van der Waals surface area contributed by atoms with E-state index < -0.39 is 0 Å². The first-order chi connectivity index (χ1) is 9.81. The van der Waals surface area contributed by atoms with Gasteiger partial charge in [0.2, 0.25) is 0 Å². The van der Waals surface area contributed by atoms with Crippen LogP contribution >= 0.6 is 0 Å². The Bertz CT molecular complexity index is 590. The molecular weight excluding hydrogens is 254 g/mol. The number of nitriles is 1. The molecular formula is C16H15NO3. The Hall–Kier alpha value is -2.67. The highest BCUT2D eigenvalue weighted by Crippen LogP contribution is 2.22. The van der Waals surface area contributed by atoms with Gasteiger partial charge in [0, 0.05) is 6.07 Å². The van der Waals surface area contributed by atoms with E-state index in [0.717, 1.165) is 5.75 Å². The maximum absolute atomic E-state index is 8.92. The predicted octanol–water partition coefficient (Wildman–Crippen LogP) is 3.02. The van der Waals surface area contributed by atoms with Crippen LogP contribution in [0.25, 0.3) is 0 Å². The number of hydrogen-bond donors (Lipinski definition) is 0. The van der Waals surface area contributed by atoms with Crippen LogP contribution < -0.4 is 14.2 Å². The maximum Gasteiger partial charge on any atom is 0.124 e. The average Bonchev–Trinajstić information content (AvgIpc) is 2.52. The van der Waals surface area contributed by atoms with Gasteiger partial charge in [0.05, 0.1) is 18.7 Å². The number of nitrogens with zero attached hydrogens (tertiary/aromatic N) is 1. The predicted molar refractivity (Wildman–Crippen MR) is 75.1 cm³/mol. The molecule has 0 aliphatic heterocycles. The third kappa shape index (κ3) is 3.92. The van der Waals surface area contributed by atoms with E-state index in [1.54, 1.807) is 25.3 Å². The number of rotatable bonds is 6. The number of benzene rings is 2. The van der Waals surface area contributed by atoms with Gasteiger partial charge in [-0.2, -0.15) is 5.26 Å². The topological polar surface area (TPSA) is 51.5 Å². The summed E-state index contributed by atoms with van der Waals surface area (Å²) in [5, 5.41) is 8.92. The molecule has 0 aliphatic carbocycles. The smallest absolute Gasteiger partial charge is 0.124 e. The summed E-state index contributed by atoms with van der Waals surface area (Å²) in [5.41, 5.74) is 0.503. The molecule has 0 saturated heterocycles. The Labute approximate surface area is 118 Å². The van der Waals surface area contributed by atoms with Crippen LogP contribution in [0.3, 0.4) is 0 Å². The molecule has 102 valence electrons. The highest BCUT2D eigenvalue weighted by atomic mass is 16.5. The van der Waals surface area contributed by atoms with Crippen LogP contribution in [-0.4, -0.2) is 20.3 Å². The van der Waals surface area contributed by atoms with Crippen molar-refractivity contribution in [3.8, 4) is 23.3 Å². The van der Waals surface area contributed by atoms with E-state index in [2.05, 4.69) is 6.07 Å². The average molecular weight is 269 g/mol. The van der Waals surface area contributed by atoms with Crippen molar-refractivity contribution in [2.45, 2.75) is 0 Å². The molecule has 20 heavy (non-hydrogen) atoms. The highest BCUT2D eigenvalue weighted by Gasteiger charge is 2.02. The monoisotopic (exact) mass is 269 g/mol. The normalized spacial score (nSPS) is 9.60. The highest BCUT2D eigenvalue weighted by molar-refractivity contribution is 5.43. The second kappa shape index (κ2) is 7.05. The molecule has 0 amide bonds. The zero-order valence-electron chi connectivity index (χ0n) is 11.2. The molecule has 2 rings (SSSR count). The van der Waals surface area contributed by atoms with Crippen molar-refractivity contribution in [2.75, 3.05) is 20.3 Å². The van der Waals surface area contributed by atoms with Crippen LogP contribution in [0.1, 0.15) is 5.56 Å². The molecule has 0 fully saturated rings. The van der Waals surface area contributed by atoms with Gasteiger partial charge in [0.25, 0.3) is 0 Å². The zero-order valence-corrected chi connectivity index (χ0v) is 11.2. The molecule has 4 heteroatoms. The van der Waals surface area contributed by atoms with Gasteiger partial charge in [-0.05, 0) is 24.3 Å². The Kier molecular flexibility index (Phi) is 4.85. The van der Waals surface area contributed by atoms with Gasteiger partial charge in [-0.15, -0.1) is 0 Å². The minimum absolute atomic E-state index is 0.396. The van der Waals surface area contributed by atoms with Gasteiger partial charge in [-0.3, -0.25) is 0 Å². The second-order valence-electron chi connectivity index (χ2n) is 4.02. The van der Waals surface area contributed by atoms with E-state index in [1.165, 1.54) is 0 Å². The second-order valence-corrected chi connectivity index (χ2v) is 4.02. The Morgan fingerprint density at radius 3 is 2.20 bits per heavy atom. The van der Waals surface area contributed by atoms with E-state index >= 15 is 0 Å². The molecule has 0 bridgehead atoms. The molecule has 2 aromatic rings. The summed E-state index contributed by atoms with van der Waals surface area (Å²) in [5.74, 6) is 2.00. The molecule has 0 unspecified atom stereocenters. The summed E-state index contributed by atoms with van der Waals surface area (Å²) in [7, 11) is 1.55. The number of para-hydroxylation sites is 1. The van der Waals surface area contributed by atoms with Gasteiger partial charge in [0.15, 0.2) is 0 Å². The summed E-state index contributed by atoms with van der Waals surface area (Å²) in [6.45, 7) is 0.829. The van der Waals surface area contributed by atoms with Crippen molar-refractivity contribution in [3.63, 3.8) is 0 Å². The minimum Gasteiger partial charge on any atom is -0.497 e. The van der Waals surface area contributed by atoms with Crippen molar-refractivity contribution in [1.29, 1.82) is 5.26 Å². The molecule has 0 aromatic heterocycles. The van der Waals surface area contributed by atoms with Gasteiger partial charge < -0.3 is 14.2 Å². The zero-order chi connectivity index (χ0) is 14.2. The fourth-order valence-electron chi connectivity index (χ4n) is 1.67. The first-order valence-electron chi connectivity index (χ1n) is 6.21. The first-order valence-corrected chi connectivity index (χ1v) is 6.21. The molecule has 0 atom stereocenters. The van der Waals surface area contributed by atoms with Gasteiger partial charge >= 0.3 is 0 Å². The molecule has 0 aliphatic rings. The van der Waals surface area contributed by atoms with Crippen LogP contribution in [0.5, 0.6) is 17.2 Å². The summed E-state index contributed by atoms with van der Waals surface area (Å²) in [4.78, 5) is 0. The van der Waals surface area contributed by atoms with Crippen molar-refractivity contribution >= 4 is 0 Å². The summed E-state index contributed by atoms with van der Waals surface area (Å²) >= 11 is 0. The minimum atomic E-state index is 0.396. The van der Waals surface area contributed by atoms with Gasteiger partial charge in [-0.1, -0.05) is 18.2 Å². The quantitative estimate of drug-likeness (QED) is 0.756. The Balaban J connectivity index is 1.86. The molecule has 0 radical (unpaired) electrons. The van der Waals surface area contributed by atoms with Crippen molar-refractivity contribution < 1.29 is 14.2 Å². The Morgan fingerprint density at radius 2 is 1.55 bits per heavy atom. The number of hydrogen-bond acceptors (Lipinski definition) is 4. The van der Waals surface area contributed by atoms with Crippen molar-refractivity contribution in [1.82, 2.24) is 0 Å². The first kappa shape index (κ1) is 13.8. The third-order valence-electron chi connectivity index (χ3n) is 2.61. The van der Waals surface area contributed by atoms with E-state index in [1.807, 2.05) is 30.3 Å². The van der Waals surface area contributed by atoms with Gasteiger partial charge in [0.1, 0.15) is 30.5 Å². The molecule has 2 aromatic carbocycles. The summed E-state index contributed by atoms with van der Waals surface area (Å²) in [6.07, 6.45) is 0. The lowest BCUT2D eigenvalue weighted by atomic mass is 10.2. The lowest BCUT2D eigenvalue weighted by Crippen LogP contribution is -2.09. The Morgan fingerprint density at radius 1 is 0.900 bits per heavy atom. The third-order valence-corrected chi connectivity index (χ3v) is 2.61. The van der Waals surface area contributed by atoms with Crippen LogP contribution in [-0.2, 0) is 0 Å². The summed E-state index contributed by atoms with van der Waals surface area (Å²) < 4.78 is 16.2. The number of ether oxygens (including phenoxy) is 3. The maximum atomic E-state index is 8.92. The largest absolute Gasteiger partial charge is 0.497 e. The van der Waals surface area contributed by atoms with Gasteiger partial charge in [-0.25, -0.2) is 0 Å². The molecule has 4 nitrogen and oxygen atoms in total. The van der Waals surface area contributed by atoms with Crippen LogP contribution in [0.15, 0.2) is 48.5 Å². The van der Waals surface area contributed by atoms with Crippen LogP contribution in [0, 0.1) is 11.3 Å². The summed E-state index contributed by atoms with van der Waals surface area (Å²) in [6, 6.07) is 16.7. The van der Waals surface area contributed by atoms with E-state index in [0.29, 0.717) is 30.3 Å². The van der Waals surface area contributed by atoms with Crippen LogP contribution in [0.2, 0.25) is 0 Å². The van der Waals surface area contributed by atoms with E-state index in [-0.39, 0.29) is 0 Å². The van der Waals surface area contributed by atoms with Crippen molar-refractivity contribution in [2.24, 2.45) is 0 Å². The lowest BCUT2D eigenvalue weighted by Gasteiger charge is -2.09.